The number of benzene rings is 5. The predicted octanol–water partition coefficient (Wildman–Crippen LogP) is 4.18. The molecule has 0 saturated carbocycles. The molecule has 10 amide bonds. The van der Waals surface area contributed by atoms with Crippen molar-refractivity contribution in [2.75, 3.05) is 26.2 Å². The molecule has 5 rings (SSSR count). The zero-order valence-corrected chi connectivity index (χ0v) is 55.3. The number of phenolic OH excluding ortho intramolecular Hbond substituents is 1. The number of hydrogen-bond donors (Lipinski definition) is 11. The Labute approximate surface area is 563 Å². The van der Waals surface area contributed by atoms with Crippen LogP contribution in [0.2, 0.25) is 0 Å². The number of ether oxygens (including phenoxy) is 4. The largest absolute Gasteiger partial charge is 0.508 e. The summed E-state index contributed by atoms with van der Waals surface area (Å²) in [7, 11) is 0. The number of hydrogen-bond acceptors (Lipinski definition) is 17. The van der Waals surface area contributed by atoms with Crippen LogP contribution in [0.3, 0.4) is 0 Å². The maximum absolute atomic E-state index is 14.1. The average molecular weight is 1340 g/mol. The second-order valence-corrected chi connectivity index (χ2v) is 24.6. The number of esters is 2. The number of nitrogens with two attached hydrogens (primary N) is 1. The third kappa shape index (κ3) is 30.4. The first-order chi connectivity index (χ1) is 46.1. The molecular weight excluding hydrogens is 1250 g/mol. The zero-order chi connectivity index (χ0) is 70.9. The Hall–Kier alpha value is -10.9. The highest BCUT2D eigenvalue weighted by Gasteiger charge is 2.34. The number of alkyl carbamates (subject to hydrolysis) is 2. The number of rotatable bonds is 36. The Morgan fingerprint density at radius 1 is 0.433 bits per heavy atom. The summed E-state index contributed by atoms with van der Waals surface area (Å²) in [6.45, 7) is 7.97. The van der Waals surface area contributed by atoms with Gasteiger partial charge in [0.25, 0.3) is 5.91 Å². The molecule has 5 atom stereocenters. The lowest BCUT2D eigenvalue weighted by atomic mass is 9.99. The van der Waals surface area contributed by atoms with Crippen molar-refractivity contribution >= 4 is 71.4 Å². The molecule has 12 N–H and O–H groups in total. The van der Waals surface area contributed by atoms with Gasteiger partial charge in [0.1, 0.15) is 60.3 Å². The summed E-state index contributed by atoms with van der Waals surface area (Å²) in [4.78, 5) is 160. The first kappa shape index (κ1) is 76.8. The van der Waals surface area contributed by atoms with E-state index in [0.717, 1.165) is 11.1 Å². The van der Waals surface area contributed by atoms with Crippen LogP contribution in [-0.4, -0.2) is 144 Å². The van der Waals surface area contributed by atoms with Gasteiger partial charge in [-0.1, -0.05) is 133 Å². The van der Waals surface area contributed by atoms with E-state index in [4.69, 9.17) is 24.7 Å². The molecule has 0 fully saturated rings. The minimum Gasteiger partial charge on any atom is -0.508 e. The monoisotopic (exact) mass is 1340 g/mol. The lowest BCUT2D eigenvalue weighted by Gasteiger charge is -2.26. The van der Waals surface area contributed by atoms with Gasteiger partial charge in [0, 0.05) is 38.8 Å². The van der Waals surface area contributed by atoms with Gasteiger partial charge in [-0.15, -0.1) is 0 Å². The molecule has 0 heterocycles. The number of carbonyl (C=O) groups is 12. The van der Waals surface area contributed by atoms with Crippen LogP contribution in [0.1, 0.15) is 120 Å². The molecule has 0 aliphatic rings. The van der Waals surface area contributed by atoms with E-state index in [-0.39, 0.29) is 76.8 Å². The predicted molar refractivity (Wildman–Crippen MR) is 355 cm³/mol. The third-order valence-corrected chi connectivity index (χ3v) is 14.1. The highest BCUT2D eigenvalue weighted by molar-refractivity contribution is 5.96. The lowest BCUT2D eigenvalue weighted by Crippen LogP contribution is -2.57. The SMILES string of the molecule is CC(C)(C)OC(=O)C[C@H](NC(=O)[C@H](CCCNC(=O)CCC(=O)NCCC[C@H](NC(=O)[C@H](Cc1ccc(O)cc1)NC(=O)OC(C)(C)C)C(=O)NCC(=O)OCC(=O)NC(c1ccccc1)c1ccccc1)NC(=O)OCc1ccccc1)C(=O)N[C@@H](Cc1ccccc1)C(N)=O. The van der Waals surface area contributed by atoms with E-state index in [1.165, 1.54) is 24.3 Å². The van der Waals surface area contributed by atoms with Crippen LogP contribution in [0.15, 0.2) is 146 Å². The first-order valence-electron chi connectivity index (χ1n) is 31.7. The van der Waals surface area contributed by atoms with Crippen LogP contribution in [0.25, 0.3) is 0 Å². The van der Waals surface area contributed by atoms with E-state index in [2.05, 4.69) is 47.9 Å². The Kier molecular flexibility index (Phi) is 31.0. The minimum atomic E-state index is -1.63. The Balaban J connectivity index is 1.19. The van der Waals surface area contributed by atoms with Crippen LogP contribution < -0.4 is 53.6 Å². The molecule has 97 heavy (non-hydrogen) atoms. The highest BCUT2D eigenvalue weighted by Crippen LogP contribution is 2.22. The Bertz CT molecular complexity index is 3380. The van der Waals surface area contributed by atoms with Gasteiger partial charge in [0.15, 0.2) is 6.61 Å². The lowest BCUT2D eigenvalue weighted by molar-refractivity contribution is -0.156. The van der Waals surface area contributed by atoms with E-state index in [1.54, 1.807) is 102 Å². The van der Waals surface area contributed by atoms with Gasteiger partial charge in [0.05, 0.1) is 12.5 Å². The summed E-state index contributed by atoms with van der Waals surface area (Å²) >= 11 is 0. The normalized spacial score (nSPS) is 12.6. The maximum atomic E-state index is 14.1. The number of nitrogens with one attached hydrogen (secondary N) is 9. The summed E-state index contributed by atoms with van der Waals surface area (Å²) in [6.07, 6.45) is -3.58. The van der Waals surface area contributed by atoms with Crippen molar-refractivity contribution in [2.24, 2.45) is 5.73 Å². The molecule has 0 aliphatic heterocycles. The maximum Gasteiger partial charge on any atom is 0.408 e. The average Bonchev–Trinajstić information content (AvgIpc) is 0.892. The molecule has 0 unspecified atom stereocenters. The van der Waals surface area contributed by atoms with Crippen molar-refractivity contribution < 1.29 is 81.6 Å². The quantitative estimate of drug-likeness (QED) is 0.0152. The molecule has 0 aliphatic carbocycles. The van der Waals surface area contributed by atoms with Gasteiger partial charge in [-0.3, -0.25) is 47.9 Å². The van der Waals surface area contributed by atoms with E-state index in [1.807, 2.05) is 60.7 Å². The molecular formula is C70H88N10O17. The summed E-state index contributed by atoms with van der Waals surface area (Å²) in [6, 6.07) is 33.8. The molecule has 27 heteroatoms. The number of amides is 10. The van der Waals surface area contributed by atoms with E-state index in [0.29, 0.717) is 16.7 Å². The highest BCUT2D eigenvalue weighted by atomic mass is 16.6. The molecule has 27 nitrogen and oxygen atoms in total. The second kappa shape index (κ2) is 39.1. The first-order valence-corrected chi connectivity index (χ1v) is 31.7. The van der Waals surface area contributed by atoms with Gasteiger partial charge >= 0.3 is 24.1 Å². The number of aromatic hydroxyl groups is 1. The fourth-order valence-corrected chi connectivity index (χ4v) is 9.42. The third-order valence-electron chi connectivity index (χ3n) is 14.1. The van der Waals surface area contributed by atoms with Crippen molar-refractivity contribution in [1.82, 2.24) is 47.9 Å². The van der Waals surface area contributed by atoms with Crippen LogP contribution in [0, 0.1) is 0 Å². The van der Waals surface area contributed by atoms with Crippen molar-refractivity contribution in [1.29, 1.82) is 0 Å². The molecule has 0 saturated heterocycles. The number of phenols is 1. The molecule has 5 aromatic carbocycles. The Morgan fingerprint density at radius 2 is 0.876 bits per heavy atom. The number of primary amides is 1. The fourth-order valence-electron chi connectivity index (χ4n) is 9.42. The van der Waals surface area contributed by atoms with Gasteiger partial charge in [0.2, 0.25) is 41.4 Å². The van der Waals surface area contributed by atoms with Gasteiger partial charge in [-0.2, -0.15) is 0 Å². The molecule has 0 spiro atoms. The van der Waals surface area contributed by atoms with Crippen molar-refractivity contribution in [2.45, 2.75) is 153 Å². The van der Waals surface area contributed by atoms with Gasteiger partial charge in [-0.25, -0.2) is 9.59 Å². The molecule has 0 radical (unpaired) electrons. The van der Waals surface area contributed by atoms with Crippen LogP contribution in [0.5, 0.6) is 5.75 Å². The van der Waals surface area contributed by atoms with Crippen molar-refractivity contribution in [3.63, 3.8) is 0 Å². The summed E-state index contributed by atoms with van der Waals surface area (Å²) < 4.78 is 21.4. The van der Waals surface area contributed by atoms with E-state index in [9.17, 15) is 62.6 Å². The van der Waals surface area contributed by atoms with Gasteiger partial charge < -0.3 is 77.6 Å². The minimum absolute atomic E-state index is 0.0113. The molecule has 0 bridgehead atoms. The second-order valence-electron chi connectivity index (χ2n) is 24.6. The molecule has 520 valence electrons. The number of carbonyl (C=O) groups excluding carboxylic acids is 12. The summed E-state index contributed by atoms with van der Waals surface area (Å²) in [5.41, 5.74) is 7.09. The topological polar surface area (TPSA) is 396 Å². The standard InChI is InChI=1S/C70H88N10O17/c1-69(2,3)96-59(85)41-55(66(91)76-53(62(71)87)39-45-21-11-7-12-22-45)77-64(89)52(78-67(92)95-43-47-23-13-8-14-24-47)30-20-38-73-57(83)36-35-56(82)72-37-19-29-51(75-65(90)54(79-68(93)97-70(4,5)6)40-46-31-33-50(81)34-32-46)63(88)74-42-60(86)94-44-58(84)80-61(48-25-15-9-16-26-48)49-27-17-10-18-28-49/h7-18,21-28,31-34,51-55,61,81H,19-20,29-30,35-44H2,1-6H3,(H2,71,87)(H,72,82)(H,73,83)(H,74,88)(H,75,90)(H,76,91)(H,77,89)(H,78,92)(H,79,93)(H,80,84)/t51-,52-,53-,54-,55-/m0/s1. The molecule has 0 aromatic heterocycles. The smallest absolute Gasteiger partial charge is 0.408 e. The van der Waals surface area contributed by atoms with Gasteiger partial charge in [-0.05, 0) is 107 Å². The van der Waals surface area contributed by atoms with Crippen LogP contribution in [0.4, 0.5) is 9.59 Å². The van der Waals surface area contributed by atoms with Crippen LogP contribution in [-0.2, 0) is 86.3 Å². The van der Waals surface area contributed by atoms with E-state index >= 15 is 0 Å². The van der Waals surface area contributed by atoms with Crippen molar-refractivity contribution in [3.8, 4) is 5.75 Å². The Morgan fingerprint density at radius 3 is 1.40 bits per heavy atom. The van der Waals surface area contributed by atoms with Crippen LogP contribution >= 0.6 is 0 Å². The summed E-state index contributed by atoms with van der Waals surface area (Å²) in [5, 5.41) is 33.2. The fraction of sp³-hybridized carbons (Fsp3) is 0.400. The molecule has 5 aromatic rings. The zero-order valence-electron chi connectivity index (χ0n) is 55.3. The van der Waals surface area contributed by atoms with E-state index < -0.39 is 138 Å². The van der Waals surface area contributed by atoms with Crippen molar-refractivity contribution in [3.05, 3.63) is 173 Å². The summed E-state index contributed by atoms with van der Waals surface area (Å²) in [5.74, 6) is -8.14.